The first-order valence-corrected chi connectivity index (χ1v) is 5.37. The van der Waals surface area contributed by atoms with Crippen molar-refractivity contribution in [3.05, 3.63) is 12.7 Å². The van der Waals surface area contributed by atoms with Gasteiger partial charge in [0.05, 0.1) is 0 Å². The van der Waals surface area contributed by atoms with Crippen molar-refractivity contribution in [3.8, 4) is 0 Å². The molecule has 0 aromatic carbocycles. The Labute approximate surface area is 95.4 Å². The van der Waals surface area contributed by atoms with Crippen molar-refractivity contribution in [2.75, 3.05) is 26.8 Å². The first kappa shape index (κ1) is 12.7. The SMILES string of the molecule is C=CC(=O)N1CCC(NC(=O)COC)CC1. The summed E-state index contributed by atoms with van der Waals surface area (Å²) >= 11 is 0. The van der Waals surface area contributed by atoms with Crippen LogP contribution in [0, 0.1) is 0 Å². The zero-order valence-electron chi connectivity index (χ0n) is 9.57. The molecule has 16 heavy (non-hydrogen) atoms. The molecule has 0 spiro atoms. The van der Waals surface area contributed by atoms with Gasteiger partial charge in [0.25, 0.3) is 0 Å². The summed E-state index contributed by atoms with van der Waals surface area (Å²) in [7, 11) is 1.49. The number of methoxy groups -OCH3 is 1. The highest BCUT2D eigenvalue weighted by Gasteiger charge is 2.22. The molecule has 1 fully saturated rings. The van der Waals surface area contributed by atoms with Crippen LogP contribution in [0.5, 0.6) is 0 Å². The molecule has 0 bridgehead atoms. The largest absolute Gasteiger partial charge is 0.375 e. The molecule has 1 heterocycles. The number of rotatable bonds is 4. The lowest BCUT2D eigenvalue weighted by atomic mass is 10.0. The predicted octanol–water partition coefficient (Wildman–Crippen LogP) is -0.0740. The first-order valence-electron chi connectivity index (χ1n) is 5.37. The fourth-order valence-corrected chi connectivity index (χ4v) is 1.77. The predicted molar refractivity (Wildman–Crippen MR) is 59.8 cm³/mol. The summed E-state index contributed by atoms with van der Waals surface area (Å²) in [6.07, 6.45) is 2.90. The van der Waals surface area contributed by atoms with Crippen LogP contribution in [-0.2, 0) is 14.3 Å². The van der Waals surface area contributed by atoms with Crippen molar-refractivity contribution in [2.45, 2.75) is 18.9 Å². The van der Waals surface area contributed by atoms with E-state index in [0.717, 1.165) is 12.8 Å². The summed E-state index contributed by atoms with van der Waals surface area (Å²) in [4.78, 5) is 24.3. The number of nitrogens with zero attached hydrogens (tertiary/aromatic N) is 1. The van der Waals surface area contributed by atoms with Gasteiger partial charge in [-0.2, -0.15) is 0 Å². The van der Waals surface area contributed by atoms with Crippen LogP contribution < -0.4 is 5.32 Å². The molecule has 2 amide bonds. The van der Waals surface area contributed by atoms with E-state index in [4.69, 9.17) is 4.74 Å². The van der Waals surface area contributed by atoms with Crippen molar-refractivity contribution in [1.82, 2.24) is 10.2 Å². The van der Waals surface area contributed by atoms with Gasteiger partial charge in [-0.25, -0.2) is 0 Å². The van der Waals surface area contributed by atoms with Crippen LogP contribution >= 0.6 is 0 Å². The minimum Gasteiger partial charge on any atom is -0.375 e. The highest BCUT2D eigenvalue weighted by Crippen LogP contribution is 2.10. The monoisotopic (exact) mass is 226 g/mol. The Hall–Kier alpha value is -1.36. The van der Waals surface area contributed by atoms with E-state index in [-0.39, 0.29) is 24.5 Å². The molecule has 0 atom stereocenters. The molecule has 1 saturated heterocycles. The quantitative estimate of drug-likeness (QED) is 0.682. The number of carbonyl (C=O) groups is 2. The van der Waals surface area contributed by atoms with Crippen LogP contribution in [-0.4, -0.2) is 49.6 Å². The van der Waals surface area contributed by atoms with E-state index in [1.54, 1.807) is 4.90 Å². The van der Waals surface area contributed by atoms with Crippen LogP contribution in [0.3, 0.4) is 0 Å². The third-order valence-electron chi connectivity index (χ3n) is 2.62. The zero-order valence-corrected chi connectivity index (χ0v) is 9.57. The maximum absolute atomic E-state index is 11.3. The van der Waals surface area contributed by atoms with E-state index >= 15 is 0 Å². The lowest BCUT2D eigenvalue weighted by Crippen LogP contribution is -2.46. The number of piperidine rings is 1. The number of nitrogens with one attached hydrogen (secondary N) is 1. The summed E-state index contributed by atoms with van der Waals surface area (Å²) in [5.41, 5.74) is 0. The topological polar surface area (TPSA) is 58.6 Å². The molecule has 0 aromatic heterocycles. The van der Waals surface area contributed by atoms with Crippen molar-refractivity contribution in [3.63, 3.8) is 0 Å². The van der Waals surface area contributed by atoms with Gasteiger partial charge in [0.1, 0.15) is 6.61 Å². The molecule has 0 saturated carbocycles. The molecule has 90 valence electrons. The van der Waals surface area contributed by atoms with E-state index in [0.29, 0.717) is 13.1 Å². The van der Waals surface area contributed by atoms with E-state index < -0.39 is 0 Å². The molecule has 0 unspecified atom stereocenters. The van der Waals surface area contributed by atoms with Gasteiger partial charge < -0.3 is 15.0 Å². The first-order chi connectivity index (χ1) is 7.67. The van der Waals surface area contributed by atoms with E-state index in [9.17, 15) is 9.59 Å². The van der Waals surface area contributed by atoms with Gasteiger partial charge >= 0.3 is 0 Å². The van der Waals surface area contributed by atoms with Gasteiger partial charge in [0.2, 0.25) is 11.8 Å². The van der Waals surface area contributed by atoms with Crippen LogP contribution in [0.15, 0.2) is 12.7 Å². The van der Waals surface area contributed by atoms with E-state index in [1.165, 1.54) is 13.2 Å². The Morgan fingerprint density at radius 2 is 2.12 bits per heavy atom. The summed E-state index contributed by atoms with van der Waals surface area (Å²) in [6, 6.07) is 0.150. The lowest BCUT2D eigenvalue weighted by Gasteiger charge is -2.31. The second kappa shape index (κ2) is 6.27. The third kappa shape index (κ3) is 3.66. The van der Waals surface area contributed by atoms with Crippen molar-refractivity contribution >= 4 is 11.8 Å². The molecule has 1 aliphatic heterocycles. The molecular formula is C11H18N2O3. The van der Waals surface area contributed by atoms with Gasteiger partial charge in [-0.3, -0.25) is 9.59 Å². The van der Waals surface area contributed by atoms with Gasteiger partial charge in [-0.1, -0.05) is 6.58 Å². The van der Waals surface area contributed by atoms with Crippen LogP contribution in [0.25, 0.3) is 0 Å². The number of hydrogen-bond donors (Lipinski definition) is 1. The summed E-state index contributed by atoms with van der Waals surface area (Å²) < 4.78 is 4.73. The molecule has 1 N–H and O–H groups in total. The molecule has 5 heteroatoms. The lowest BCUT2D eigenvalue weighted by molar-refractivity contribution is -0.127. The average Bonchev–Trinajstić information content (AvgIpc) is 2.29. The summed E-state index contributed by atoms with van der Waals surface area (Å²) in [5, 5.41) is 2.87. The van der Waals surface area contributed by atoms with E-state index in [2.05, 4.69) is 11.9 Å². The summed E-state index contributed by atoms with van der Waals surface area (Å²) in [6.45, 7) is 4.88. The van der Waals surface area contributed by atoms with E-state index in [1.807, 2.05) is 0 Å². The standard InChI is InChI=1S/C11H18N2O3/c1-3-11(15)13-6-4-9(5-7-13)12-10(14)8-16-2/h3,9H,1,4-8H2,2H3,(H,12,14). The Morgan fingerprint density at radius 1 is 1.50 bits per heavy atom. The van der Waals surface area contributed by atoms with Gasteiger partial charge in [-0.15, -0.1) is 0 Å². The fourth-order valence-electron chi connectivity index (χ4n) is 1.77. The second-order valence-electron chi connectivity index (χ2n) is 3.80. The van der Waals surface area contributed by atoms with Crippen LogP contribution in [0.2, 0.25) is 0 Å². The number of ether oxygens (including phenoxy) is 1. The Kier molecular flexibility index (Phi) is 4.98. The normalized spacial score (nSPS) is 16.9. The smallest absolute Gasteiger partial charge is 0.246 e. The minimum atomic E-state index is -0.101. The molecule has 0 aliphatic carbocycles. The van der Waals surface area contributed by atoms with Crippen molar-refractivity contribution < 1.29 is 14.3 Å². The minimum absolute atomic E-state index is 0.0401. The van der Waals surface area contributed by atoms with Crippen LogP contribution in [0.4, 0.5) is 0 Å². The highest BCUT2D eigenvalue weighted by atomic mass is 16.5. The maximum atomic E-state index is 11.3. The number of carbonyl (C=O) groups excluding carboxylic acids is 2. The Bertz CT molecular complexity index is 270. The fraction of sp³-hybridized carbons (Fsp3) is 0.636. The van der Waals surface area contributed by atoms with Gasteiger partial charge in [0, 0.05) is 26.2 Å². The highest BCUT2D eigenvalue weighted by molar-refractivity contribution is 5.87. The molecule has 1 aliphatic rings. The van der Waals surface area contributed by atoms with Crippen molar-refractivity contribution in [2.24, 2.45) is 0 Å². The maximum Gasteiger partial charge on any atom is 0.246 e. The number of hydrogen-bond acceptors (Lipinski definition) is 3. The molecular weight excluding hydrogens is 208 g/mol. The van der Waals surface area contributed by atoms with Gasteiger partial charge in [-0.05, 0) is 18.9 Å². The number of amides is 2. The number of likely N-dealkylation sites (tertiary alicyclic amines) is 1. The van der Waals surface area contributed by atoms with Crippen LogP contribution in [0.1, 0.15) is 12.8 Å². The Morgan fingerprint density at radius 3 is 2.62 bits per heavy atom. The van der Waals surface area contributed by atoms with Crippen molar-refractivity contribution in [1.29, 1.82) is 0 Å². The van der Waals surface area contributed by atoms with Gasteiger partial charge in [0.15, 0.2) is 0 Å². The molecule has 1 rings (SSSR count). The molecule has 5 nitrogen and oxygen atoms in total. The molecule has 0 aromatic rings. The summed E-state index contributed by atoms with van der Waals surface area (Å²) in [5.74, 6) is -0.141. The third-order valence-corrected chi connectivity index (χ3v) is 2.62. The molecule has 0 radical (unpaired) electrons. The Balaban J connectivity index is 2.29. The second-order valence-corrected chi connectivity index (χ2v) is 3.80. The zero-order chi connectivity index (χ0) is 12.0. The average molecular weight is 226 g/mol.